The molecule has 1 saturated carbocycles. The van der Waals surface area contributed by atoms with E-state index in [9.17, 15) is 4.79 Å². The van der Waals surface area contributed by atoms with Crippen LogP contribution in [0.4, 0.5) is 0 Å². The van der Waals surface area contributed by atoms with Crippen molar-refractivity contribution < 1.29 is 4.79 Å². The Bertz CT molecular complexity index is 824. The number of carbonyl (C=O) groups excluding carboxylic acids is 1. The first-order chi connectivity index (χ1) is 14.7. The van der Waals surface area contributed by atoms with Crippen LogP contribution in [0.5, 0.6) is 0 Å². The van der Waals surface area contributed by atoms with Gasteiger partial charge >= 0.3 is 0 Å². The van der Waals surface area contributed by atoms with Gasteiger partial charge in [-0.25, -0.2) is 0 Å². The number of hydrogen-bond acceptors (Lipinski definition) is 1. The van der Waals surface area contributed by atoms with Crippen LogP contribution in [0.15, 0.2) is 64.6 Å². The maximum Gasteiger partial charge on any atom is 0.254 e. The summed E-state index contributed by atoms with van der Waals surface area (Å²) in [4.78, 5) is 15.8. The summed E-state index contributed by atoms with van der Waals surface area (Å²) in [5, 5.41) is 0. The largest absolute Gasteiger partial charge is 0.332 e. The van der Waals surface area contributed by atoms with E-state index in [0.717, 1.165) is 35.8 Å². The molecule has 0 bridgehead atoms. The van der Waals surface area contributed by atoms with Crippen molar-refractivity contribution in [2.45, 2.75) is 70.8 Å². The highest BCUT2D eigenvalue weighted by molar-refractivity contribution is 9.10. The van der Waals surface area contributed by atoms with Gasteiger partial charge in [0.2, 0.25) is 0 Å². The minimum Gasteiger partial charge on any atom is -0.332 e. The fraction of sp³-hybridized carbons (Fsp3) is 0.444. The molecule has 1 aliphatic carbocycles. The van der Waals surface area contributed by atoms with Gasteiger partial charge in [-0.3, -0.25) is 4.79 Å². The first-order valence-electron chi connectivity index (χ1n) is 11.5. The van der Waals surface area contributed by atoms with Gasteiger partial charge in [-0.15, -0.1) is 0 Å². The van der Waals surface area contributed by atoms with E-state index in [0.29, 0.717) is 6.04 Å². The highest BCUT2D eigenvalue weighted by Crippen LogP contribution is 2.27. The third-order valence-electron chi connectivity index (χ3n) is 5.99. The maximum absolute atomic E-state index is 13.6. The Kier molecular flexibility index (Phi) is 9.20. The SMILES string of the molecule is CCCCC/C(=C\c1ccccc1)CN(C(=O)c1cccc(Br)c1)C1CCCCC1. The summed E-state index contributed by atoms with van der Waals surface area (Å²) >= 11 is 3.53. The zero-order valence-electron chi connectivity index (χ0n) is 18.2. The van der Waals surface area contributed by atoms with E-state index in [1.807, 2.05) is 24.3 Å². The molecular weight excluding hydrogens is 434 g/mol. The topological polar surface area (TPSA) is 20.3 Å². The summed E-state index contributed by atoms with van der Waals surface area (Å²) in [5.74, 6) is 0.164. The molecule has 2 aromatic rings. The molecule has 0 radical (unpaired) electrons. The molecule has 30 heavy (non-hydrogen) atoms. The van der Waals surface area contributed by atoms with Crippen molar-refractivity contribution in [3.63, 3.8) is 0 Å². The molecule has 3 rings (SSSR count). The first kappa shape index (κ1) is 22.8. The molecule has 0 N–H and O–H groups in total. The van der Waals surface area contributed by atoms with E-state index in [-0.39, 0.29) is 5.91 Å². The number of unbranched alkanes of at least 4 members (excludes halogenated alkanes) is 2. The first-order valence-corrected chi connectivity index (χ1v) is 12.3. The molecule has 0 aromatic heterocycles. The van der Waals surface area contributed by atoms with Gasteiger partial charge in [0.15, 0.2) is 0 Å². The molecule has 3 heteroatoms. The van der Waals surface area contributed by atoms with Crippen LogP contribution >= 0.6 is 15.9 Å². The predicted octanol–water partition coefficient (Wildman–Crippen LogP) is 7.89. The van der Waals surface area contributed by atoms with Gasteiger partial charge in [-0.2, -0.15) is 0 Å². The van der Waals surface area contributed by atoms with Gasteiger partial charge < -0.3 is 4.90 Å². The second-order valence-electron chi connectivity index (χ2n) is 8.41. The van der Waals surface area contributed by atoms with Crippen LogP contribution in [0.3, 0.4) is 0 Å². The fourth-order valence-corrected chi connectivity index (χ4v) is 4.75. The summed E-state index contributed by atoms with van der Waals surface area (Å²) in [6.07, 6.45) is 13.0. The van der Waals surface area contributed by atoms with Crippen molar-refractivity contribution in [3.05, 3.63) is 75.8 Å². The summed E-state index contributed by atoms with van der Waals surface area (Å²) in [6.45, 7) is 2.97. The molecule has 1 fully saturated rings. The highest BCUT2D eigenvalue weighted by Gasteiger charge is 2.27. The number of benzene rings is 2. The Hall–Kier alpha value is -1.87. The average Bonchev–Trinajstić information content (AvgIpc) is 2.78. The van der Waals surface area contributed by atoms with Crippen molar-refractivity contribution >= 4 is 27.9 Å². The summed E-state index contributed by atoms with van der Waals surface area (Å²) in [5.41, 5.74) is 3.37. The van der Waals surface area contributed by atoms with Crippen LogP contribution in [0.1, 0.15) is 80.6 Å². The molecule has 2 aromatic carbocycles. The van der Waals surface area contributed by atoms with Gasteiger partial charge in [-0.1, -0.05) is 103 Å². The molecule has 0 heterocycles. The molecule has 0 atom stereocenters. The second kappa shape index (κ2) is 12.1. The number of nitrogens with zero attached hydrogens (tertiary/aromatic N) is 1. The molecule has 0 unspecified atom stereocenters. The highest BCUT2D eigenvalue weighted by atomic mass is 79.9. The third-order valence-corrected chi connectivity index (χ3v) is 6.49. The number of carbonyl (C=O) groups is 1. The molecule has 2 nitrogen and oxygen atoms in total. The molecule has 1 aliphatic rings. The predicted molar refractivity (Wildman–Crippen MR) is 131 cm³/mol. The van der Waals surface area contributed by atoms with Crippen molar-refractivity contribution in [2.24, 2.45) is 0 Å². The molecular formula is C27H34BrNO. The van der Waals surface area contributed by atoms with Crippen LogP contribution in [0.2, 0.25) is 0 Å². The number of halogens is 1. The minimum atomic E-state index is 0.164. The zero-order chi connectivity index (χ0) is 21.2. The molecule has 1 amide bonds. The summed E-state index contributed by atoms with van der Waals surface area (Å²) in [6, 6.07) is 18.7. The lowest BCUT2D eigenvalue weighted by atomic mass is 9.92. The number of rotatable bonds is 9. The summed E-state index contributed by atoms with van der Waals surface area (Å²) < 4.78 is 0.958. The third kappa shape index (κ3) is 6.84. The van der Waals surface area contributed by atoms with E-state index in [4.69, 9.17) is 0 Å². The lowest BCUT2D eigenvalue weighted by Gasteiger charge is -2.35. The lowest BCUT2D eigenvalue weighted by molar-refractivity contribution is 0.0655. The van der Waals surface area contributed by atoms with Crippen molar-refractivity contribution in [1.29, 1.82) is 0 Å². The normalized spacial score (nSPS) is 15.2. The van der Waals surface area contributed by atoms with Crippen molar-refractivity contribution in [2.75, 3.05) is 6.54 Å². The summed E-state index contributed by atoms with van der Waals surface area (Å²) in [7, 11) is 0. The van der Waals surface area contributed by atoms with Crippen LogP contribution in [-0.4, -0.2) is 23.4 Å². The molecule has 0 spiro atoms. The van der Waals surface area contributed by atoms with Crippen LogP contribution in [-0.2, 0) is 0 Å². The van der Waals surface area contributed by atoms with E-state index in [1.54, 1.807) is 0 Å². The Balaban J connectivity index is 1.87. The Morgan fingerprint density at radius 2 is 1.80 bits per heavy atom. The standard InChI is InChI=1S/C27H34BrNO/c1-2-3-6-14-23(19-22-12-7-4-8-13-22)21-29(26-17-9-5-10-18-26)27(30)24-15-11-16-25(28)20-24/h4,7-8,11-13,15-16,19-20,26H,2-3,5-6,9-10,14,17-18,21H2,1H3/b23-19+. The smallest absolute Gasteiger partial charge is 0.254 e. The van der Waals surface area contributed by atoms with Gasteiger partial charge in [0.25, 0.3) is 5.91 Å². The Morgan fingerprint density at radius 1 is 1.03 bits per heavy atom. The quantitative estimate of drug-likeness (QED) is 0.343. The number of hydrogen-bond donors (Lipinski definition) is 0. The molecule has 0 saturated heterocycles. The van der Waals surface area contributed by atoms with E-state index >= 15 is 0 Å². The second-order valence-corrected chi connectivity index (χ2v) is 9.32. The maximum atomic E-state index is 13.6. The molecule has 160 valence electrons. The molecule has 0 aliphatic heterocycles. The van der Waals surface area contributed by atoms with Gasteiger partial charge in [0.05, 0.1) is 0 Å². The van der Waals surface area contributed by atoms with Crippen LogP contribution in [0.25, 0.3) is 6.08 Å². The van der Waals surface area contributed by atoms with E-state index in [2.05, 4.69) is 64.2 Å². The van der Waals surface area contributed by atoms with Crippen LogP contribution in [0, 0.1) is 0 Å². The minimum absolute atomic E-state index is 0.164. The van der Waals surface area contributed by atoms with Crippen molar-refractivity contribution in [1.82, 2.24) is 4.90 Å². The monoisotopic (exact) mass is 467 g/mol. The lowest BCUT2D eigenvalue weighted by Crippen LogP contribution is -2.42. The van der Waals surface area contributed by atoms with Crippen LogP contribution < -0.4 is 0 Å². The zero-order valence-corrected chi connectivity index (χ0v) is 19.7. The average molecular weight is 468 g/mol. The van der Waals surface area contributed by atoms with Gasteiger partial charge in [0, 0.05) is 22.6 Å². The Morgan fingerprint density at radius 3 is 2.50 bits per heavy atom. The van der Waals surface area contributed by atoms with Crippen molar-refractivity contribution in [3.8, 4) is 0 Å². The van der Waals surface area contributed by atoms with E-state index in [1.165, 1.54) is 49.7 Å². The van der Waals surface area contributed by atoms with Gasteiger partial charge in [-0.05, 0) is 49.4 Å². The fourth-order valence-electron chi connectivity index (χ4n) is 4.35. The Labute approximate surface area is 190 Å². The van der Waals surface area contributed by atoms with Gasteiger partial charge in [0.1, 0.15) is 0 Å². The number of amides is 1. The van der Waals surface area contributed by atoms with E-state index < -0.39 is 0 Å².